The number of hydrogen-bond acceptors (Lipinski definition) is 6. The average molecular weight is 504 g/mol. The van der Waals surface area contributed by atoms with Gasteiger partial charge in [0.05, 0.1) is 18.9 Å². The van der Waals surface area contributed by atoms with E-state index in [1.54, 1.807) is 54.6 Å². The van der Waals surface area contributed by atoms with Crippen LogP contribution in [-0.4, -0.2) is 49.3 Å². The number of hydrogen-bond donors (Lipinski definition) is 2. The number of ketones is 1. The first kappa shape index (κ1) is 25.8. The van der Waals surface area contributed by atoms with E-state index in [4.69, 9.17) is 9.15 Å². The molecule has 2 atom stereocenters. The Bertz CT molecular complexity index is 1240. The predicted octanol–water partition coefficient (Wildman–Crippen LogP) is 3.28. The van der Waals surface area contributed by atoms with Crippen molar-refractivity contribution in [2.45, 2.75) is 31.9 Å². The van der Waals surface area contributed by atoms with Crippen LogP contribution in [0.3, 0.4) is 0 Å². The molecule has 0 aliphatic carbocycles. The molecule has 2 aromatic carbocycles. The van der Waals surface area contributed by atoms with E-state index in [2.05, 4.69) is 10.6 Å². The van der Waals surface area contributed by atoms with Crippen molar-refractivity contribution in [2.75, 3.05) is 24.6 Å². The number of Topliss-reactive ketones (excluding diaryl/α,β-unsaturated/α-hetero) is 1. The minimum Gasteiger partial charge on any atom is -0.459 e. The minimum absolute atomic E-state index is 0.0619. The molecule has 3 amide bonds. The minimum atomic E-state index is -1.06. The van der Waals surface area contributed by atoms with Gasteiger partial charge in [0.25, 0.3) is 5.91 Å². The second kappa shape index (κ2) is 12.1. The van der Waals surface area contributed by atoms with Gasteiger partial charge in [0, 0.05) is 24.4 Å². The quantitative estimate of drug-likeness (QED) is 0.410. The van der Waals surface area contributed by atoms with Gasteiger partial charge in [-0.3, -0.25) is 24.1 Å². The summed E-state index contributed by atoms with van der Waals surface area (Å²) in [5, 5.41) is 5.48. The fourth-order valence-corrected chi connectivity index (χ4v) is 4.22. The van der Waals surface area contributed by atoms with E-state index < -0.39 is 30.3 Å². The number of benzene rings is 2. The maximum Gasteiger partial charge on any atom is 0.287 e. The van der Waals surface area contributed by atoms with Crippen LogP contribution in [0.2, 0.25) is 0 Å². The third kappa shape index (κ3) is 6.50. The lowest BCUT2D eigenvalue weighted by atomic mass is 10.0. The molecule has 0 radical (unpaired) electrons. The molecule has 4 rings (SSSR count). The summed E-state index contributed by atoms with van der Waals surface area (Å²) in [5.41, 5.74) is 1.32. The number of ether oxygens (including phenoxy) is 1. The summed E-state index contributed by atoms with van der Waals surface area (Å²) in [5.74, 6) is -1.62. The Morgan fingerprint density at radius 2 is 1.81 bits per heavy atom. The third-order valence-electron chi connectivity index (χ3n) is 6.09. The van der Waals surface area contributed by atoms with E-state index >= 15 is 0 Å². The molecule has 2 heterocycles. The molecule has 9 heteroatoms. The number of carbonyl (C=O) groups excluding carboxylic acids is 4. The fraction of sp³-hybridized carbons (Fsp3) is 0.286. The molecule has 3 aromatic rings. The van der Waals surface area contributed by atoms with Crippen LogP contribution >= 0.6 is 0 Å². The Morgan fingerprint density at radius 3 is 2.49 bits per heavy atom. The van der Waals surface area contributed by atoms with E-state index in [1.165, 1.54) is 24.2 Å². The molecule has 1 aliphatic rings. The highest BCUT2D eigenvalue weighted by Crippen LogP contribution is 2.29. The summed E-state index contributed by atoms with van der Waals surface area (Å²) < 4.78 is 10.7. The number of anilines is 1. The number of carbonyl (C=O) groups is 4. The van der Waals surface area contributed by atoms with Crippen molar-refractivity contribution in [2.24, 2.45) is 0 Å². The lowest BCUT2D eigenvalue weighted by Gasteiger charge is -2.32. The Kier molecular flexibility index (Phi) is 8.48. The Morgan fingerprint density at radius 1 is 1.00 bits per heavy atom. The highest BCUT2D eigenvalue weighted by molar-refractivity contribution is 6.05. The molecule has 1 saturated heterocycles. The van der Waals surface area contributed by atoms with Crippen LogP contribution in [-0.2, 0) is 14.3 Å². The van der Waals surface area contributed by atoms with Gasteiger partial charge in [-0.25, -0.2) is 0 Å². The van der Waals surface area contributed by atoms with Gasteiger partial charge in [-0.2, -0.15) is 0 Å². The Balaban J connectivity index is 1.67. The number of nitrogens with one attached hydrogen (secondary N) is 2. The summed E-state index contributed by atoms with van der Waals surface area (Å²) in [4.78, 5) is 53.1. The molecule has 9 nitrogen and oxygen atoms in total. The van der Waals surface area contributed by atoms with Crippen LogP contribution in [0.5, 0.6) is 0 Å². The second-order valence-corrected chi connectivity index (χ2v) is 8.72. The lowest BCUT2D eigenvalue weighted by molar-refractivity contribution is -0.126. The standard InChI is InChI=1S/C28H29N3O6/c1-19(32)21-10-5-11-22(16-21)31(25(33)18-30-27(34)24-13-7-15-37-24)26(20-8-3-2-4-9-20)28(35)29-17-23-12-6-14-36-23/h2-5,7-11,13,15-16,23,26H,6,12,14,17-18H2,1H3,(H,29,35)(H,30,34)/t23-,26-/m1/s1. The van der Waals surface area contributed by atoms with Crippen molar-refractivity contribution in [3.05, 3.63) is 89.9 Å². The SMILES string of the molecule is CC(=O)c1cccc(N(C(=O)CNC(=O)c2ccco2)[C@@H](C(=O)NC[C@H]2CCCO2)c2ccccc2)c1. The molecular formula is C28H29N3O6. The van der Waals surface area contributed by atoms with Crippen LogP contribution in [0.1, 0.15) is 52.3 Å². The maximum absolute atomic E-state index is 13.7. The molecule has 2 N–H and O–H groups in total. The van der Waals surface area contributed by atoms with Gasteiger partial charge < -0.3 is 19.8 Å². The molecule has 0 bridgehead atoms. The van der Waals surface area contributed by atoms with Gasteiger partial charge in [0.15, 0.2) is 11.5 Å². The number of rotatable bonds is 10. The largest absolute Gasteiger partial charge is 0.459 e. The van der Waals surface area contributed by atoms with Crippen molar-refractivity contribution in [1.29, 1.82) is 0 Å². The molecule has 0 spiro atoms. The Labute approximate surface area is 214 Å². The molecule has 1 aliphatic heterocycles. The normalized spacial score (nSPS) is 15.5. The fourth-order valence-electron chi connectivity index (χ4n) is 4.22. The molecule has 1 fully saturated rings. The van der Waals surface area contributed by atoms with Gasteiger partial charge >= 0.3 is 0 Å². The van der Waals surface area contributed by atoms with Crippen LogP contribution in [0, 0.1) is 0 Å². The predicted molar refractivity (Wildman–Crippen MR) is 136 cm³/mol. The van der Waals surface area contributed by atoms with Gasteiger partial charge in [-0.15, -0.1) is 0 Å². The smallest absolute Gasteiger partial charge is 0.287 e. The highest BCUT2D eigenvalue weighted by atomic mass is 16.5. The van der Waals surface area contributed by atoms with Gasteiger partial charge in [-0.05, 0) is 49.6 Å². The van der Waals surface area contributed by atoms with Crippen LogP contribution in [0.25, 0.3) is 0 Å². The molecule has 37 heavy (non-hydrogen) atoms. The molecular weight excluding hydrogens is 474 g/mol. The zero-order chi connectivity index (χ0) is 26.2. The first-order chi connectivity index (χ1) is 17.9. The molecule has 192 valence electrons. The van der Waals surface area contributed by atoms with E-state index in [-0.39, 0.29) is 17.6 Å². The second-order valence-electron chi connectivity index (χ2n) is 8.72. The van der Waals surface area contributed by atoms with Crippen molar-refractivity contribution >= 4 is 29.2 Å². The summed E-state index contributed by atoms with van der Waals surface area (Å²) in [6, 6.07) is 17.4. The topological polar surface area (TPSA) is 118 Å². The third-order valence-corrected chi connectivity index (χ3v) is 6.09. The summed E-state index contributed by atoms with van der Waals surface area (Å²) in [7, 11) is 0. The number of amides is 3. The molecule has 0 saturated carbocycles. The van der Waals surface area contributed by atoms with E-state index in [1.807, 2.05) is 6.07 Å². The van der Waals surface area contributed by atoms with E-state index in [0.717, 1.165) is 12.8 Å². The summed E-state index contributed by atoms with van der Waals surface area (Å²) >= 11 is 0. The van der Waals surface area contributed by atoms with Crippen molar-refractivity contribution in [3.63, 3.8) is 0 Å². The van der Waals surface area contributed by atoms with E-state index in [9.17, 15) is 19.2 Å². The van der Waals surface area contributed by atoms with Crippen molar-refractivity contribution < 1.29 is 28.3 Å². The Hall–Kier alpha value is -4.24. The van der Waals surface area contributed by atoms with Crippen molar-refractivity contribution in [3.8, 4) is 0 Å². The monoisotopic (exact) mass is 503 g/mol. The average Bonchev–Trinajstić information content (AvgIpc) is 3.64. The summed E-state index contributed by atoms with van der Waals surface area (Å²) in [6.45, 7) is 2.00. The zero-order valence-electron chi connectivity index (χ0n) is 20.5. The van der Waals surface area contributed by atoms with Gasteiger partial charge in [0.1, 0.15) is 6.04 Å². The van der Waals surface area contributed by atoms with Crippen LogP contribution in [0.15, 0.2) is 77.4 Å². The highest BCUT2D eigenvalue weighted by Gasteiger charge is 2.33. The van der Waals surface area contributed by atoms with Gasteiger partial charge in [-0.1, -0.05) is 42.5 Å². The number of nitrogens with zero attached hydrogens (tertiary/aromatic N) is 1. The zero-order valence-corrected chi connectivity index (χ0v) is 20.5. The van der Waals surface area contributed by atoms with Crippen molar-refractivity contribution in [1.82, 2.24) is 10.6 Å². The van der Waals surface area contributed by atoms with Crippen LogP contribution in [0.4, 0.5) is 5.69 Å². The molecule has 0 unspecified atom stereocenters. The first-order valence-electron chi connectivity index (χ1n) is 12.1. The van der Waals surface area contributed by atoms with Gasteiger partial charge in [0.2, 0.25) is 11.8 Å². The lowest BCUT2D eigenvalue weighted by Crippen LogP contribution is -2.48. The summed E-state index contributed by atoms with van der Waals surface area (Å²) in [6.07, 6.45) is 3.05. The first-order valence-corrected chi connectivity index (χ1v) is 12.1. The van der Waals surface area contributed by atoms with Crippen LogP contribution < -0.4 is 15.5 Å². The maximum atomic E-state index is 13.7. The number of furan rings is 1. The molecule has 1 aromatic heterocycles. The van der Waals surface area contributed by atoms with E-state index in [0.29, 0.717) is 30.0 Å².